The molecule has 1 amide bonds. The fourth-order valence-corrected chi connectivity index (χ4v) is 3.57. The van der Waals surface area contributed by atoms with Crippen molar-refractivity contribution in [2.24, 2.45) is 10.7 Å². The SMILES string of the molecule is C=C1C[C@@](C)(c2cc(NC(=O)c3ncc(OC)nc3N)ccn2)N=C(N)S1. The number of amidine groups is 1. The van der Waals surface area contributed by atoms with Gasteiger partial charge in [0.25, 0.3) is 5.91 Å². The van der Waals surface area contributed by atoms with Gasteiger partial charge < -0.3 is 21.5 Å². The number of methoxy groups -OCH3 is 1. The van der Waals surface area contributed by atoms with Gasteiger partial charge in [0.15, 0.2) is 16.7 Å². The molecule has 3 rings (SSSR count). The number of carbonyl (C=O) groups excluding carboxylic acids is 1. The predicted octanol–water partition coefficient (Wildman–Crippen LogP) is 1.90. The third kappa shape index (κ3) is 4.00. The Bertz CT molecular complexity index is 947. The molecule has 2 aromatic heterocycles. The molecular weight excluding hydrogens is 366 g/mol. The molecule has 0 unspecified atom stereocenters. The number of thioether (sulfide) groups is 1. The number of nitrogens with one attached hydrogen (secondary N) is 1. The number of rotatable bonds is 4. The Balaban J connectivity index is 1.85. The van der Waals surface area contributed by atoms with Crippen molar-refractivity contribution in [2.75, 3.05) is 18.2 Å². The van der Waals surface area contributed by atoms with Crippen LogP contribution in [-0.2, 0) is 5.54 Å². The van der Waals surface area contributed by atoms with Crippen LogP contribution in [0.2, 0.25) is 0 Å². The van der Waals surface area contributed by atoms with Crippen LogP contribution < -0.4 is 21.5 Å². The van der Waals surface area contributed by atoms with Gasteiger partial charge in [0.1, 0.15) is 5.54 Å². The molecule has 0 fully saturated rings. The van der Waals surface area contributed by atoms with Crippen molar-refractivity contribution in [3.63, 3.8) is 0 Å². The number of hydrogen-bond donors (Lipinski definition) is 3. The van der Waals surface area contributed by atoms with E-state index in [-0.39, 0.29) is 17.4 Å². The van der Waals surface area contributed by atoms with Gasteiger partial charge in [-0.05, 0) is 24.0 Å². The fraction of sp³-hybridized carbons (Fsp3) is 0.235. The van der Waals surface area contributed by atoms with Gasteiger partial charge in [-0.2, -0.15) is 4.98 Å². The van der Waals surface area contributed by atoms with Crippen LogP contribution in [0.25, 0.3) is 0 Å². The molecule has 1 aliphatic rings. The Kier molecular flexibility index (Phi) is 5.00. The molecule has 9 nitrogen and oxygen atoms in total. The highest BCUT2D eigenvalue weighted by Crippen LogP contribution is 2.39. The lowest BCUT2D eigenvalue weighted by Gasteiger charge is -2.30. The number of nitrogens with two attached hydrogens (primary N) is 2. The number of hydrogen-bond acceptors (Lipinski definition) is 9. The van der Waals surface area contributed by atoms with Crippen LogP contribution in [0.15, 0.2) is 41.0 Å². The number of carbonyl (C=O) groups is 1. The Hall–Kier alpha value is -3.14. The fourth-order valence-electron chi connectivity index (χ4n) is 2.67. The quantitative estimate of drug-likeness (QED) is 0.724. The van der Waals surface area contributed by atoms with Gasteiger partial charge in [-0.15, -0.1) is 0 Å². The van der Waals surface area contributed by atoms with Crippen molar-refractivity contribution >= 4 is 34.3 Å². The summed E-state index contributed by atoms with van der Waals surface area (Å²) in [5, 5.41) is 3.18. The standard InChI is InChI=1S/C17H19N7O2S/c1-9-7-17(2,24-16(19)27-9)11-6-10(4-5-20-11)22-15(25)13-14(18)23-12(26-3)8-21-13/h4-6,8H,1,7H2,2-3H3,(H2,18,23)(H2,19,24)(H,20,22,25)/t17-/m0/s1. The number of aromatic nitrogens is 3. The lowest BCUT2D eigenvalue weighted by Crippen LogP contribution is -2.29. The van der Waals surface area contributed by atoms with Crippen LogP contribution in [0.4, 0.5) is 11.5 Å². The number of nitrogen functional groups attached to an aromatic ring is 1. The monoisotopic (exact) mass is 385 g/mol. The van der Waals surface area contributed by atoms with E-state index in [2.05, 4.69) is 31.8 Å². The third-order valence-electron chi connectivity index (χ3n) is 3.92. The van der Waals surface area contributed by atoms with Crippen molar-refractivity contribution in [2.45, 2.75) is 18.9 Å². The van der Waals surface area contributed by atoms with Crippen molar-refractivity contribution in [1.29, 1.82) is 0 Å². The molecule has 0 radical (unpaired) electrons. The number of amides is 1. The van der Waals surface area contributed by atoms with E-state index in [9.17, 15) is 4.79 Å². The molecule has 10 heteroatoms. The second kappa shape index (κ2) is 7.23. The number of aliphatic imine (C=N–C) groups is 1. The molecule has 5 N–H and O–H groups in total. The third-order valence-corrected chi connectivity index (χ3v) is 4.65. The maximum absolute atomic E-state index is 12.5. The predicted molar refractivity (Wildman–Crippen MR) is 106 cm³/mol. The Morgan fingerprint density at radius 1 is 1.41 bits per heavy atom. The van der Waals surface area contributed by atoms with E-state index in [1.54, 1.807) is 18.3 Å². The molecule has 1 atom stereocenters. The molecule has 0 aromatic carbocycles. The molecule has 0 spiro atoms. The van der Waals surface area contributed by atoms with Crippen LogP contribution in [0.1, 0.15) is 29.5 Å². The second-order valence-electron chi connectivity index (χ2n) is 6.07. The normalized spacial score (nSPS) is 19.3. The van der Waals surface area contributed by atoms with Crippen LogP contribution in [0.5, 0.6) is 5.88 Å². The van der Waals surface area contributed by atoms with E-state index in [0.29, 0.717) is 23.0 Å². The Morgan fingerprint density at radius 3 is 2.85 bits per heavy atom. The molecule has 2 aromatic rings. The van der Waals surface area contributed by atoms with Gasteiger partial charge in [-0.1, -0.05) is 18.3 Å². The molecule has 3 heterocycles. The summed E-state index contributed by atoms with van der Waals surface area (Å²) in [6.07, 6.45) is 3.52. The van der Waals surface area contributed by atoms with Crippen LogP contribution in [-0.4, -0.2) is 33.1 Å². The maximum Gasteiger partial charge on any atom is 0.278 e. The molecule has 27 heavy (non-hydrogen) atoms. The molecule has 0 saturated carbocycles. The first-order valence-electron chi connectivity index (χ1n) is 7.96. The number of anilines is 2. The Morgan fingerprint density at radius 2 is 2.19 bits per heavy atom. The van der Waals surface area contributed by atoms with Gasteiger partial charge in [0.05, 0.1) is 19.0 Å². The summed E-state index contributed by atoms with van der Waals surface area (Å²) in [6.45, 7) is 5.91. The zero-order valence-electron chi connectivity index (χ0n) is 14.9. The molecule has 140 valence electrons. The minimum atomic E-state index is -0.647. The summed E-state index contributed by atoms with van der Waals surface area (Å²) < 4.78 is 4.93. The van der Waals surface area contributed by atoms with Gasteiger partial charge in [-0.25, -0.2) is 9.98 Å². The first-order chi connectivity index (χ1) is 12.8. The van der Waals surface area contributed by atoms with Crippen LogP contribution >= 0.6 is 11.8 Å². The molecular formula is C17H19N7O2S. The lowest BCUT2D eigenvalue weighted by molar-refractivity contribution is 0.102. The van der Waals surface area contributed by atoms with E-state index < -0.39 is 11.4 Å². The molecule has 0 aliphatic carbocycles. The molecule has 1 aliphatic heterocycles. The highest BCUT2D eigenvalue weighted by molar-refractivity contribution is 8.17. The minimum Gasteiger partial charge on any atom is -0.480 e. The van der Waals surface area contributed by atoms with Gasteiger partial charge in [0, 0.05) is 18.3 Å². The van der Waals surface area contributed by atoms with Gasteiger partial charge in [-0.3, -0.25) is 9.78 Å². The number of ether oxygens (including phenoxy) is 1. The van der Waals surface area contributed by atoms with E-state index in [1.165, 1.54) is 25.1 Å². The van der Waals surface area contributed by atoms with Crippen molar-refractivity contribution in [1.82, 2.24) is 15.0 Å². The van der Waals surface area contributed by atoms with Gasteiger partial charge >= 0.3 is 0 Å². The molecule has 0 bridgehead atoms. The maximum atomic E-state index is 12.5. The van der Waals surface area contributed by atoms with Crippen molar-refractivity contribution in [3.8, 4) is 5.88 Å². The largest absolute Gasteiger partial charge is 0.480 e. The van der Waals surface area contributed by atoms with Crippen LogP contribution in [0, 0.1) is 0 Å². The molecule has 0 saturated heterocycles. The smallest absolute Gasteiger partial charge is 0.278 e. The van der Waals surface area contributed by atoms with Crippen molar-refractivity contribution in [3.05, 3.63) is 47.4 Å². The van der Waals surface area contributed by atoms with Crippen LogP contribution in [0.3, 0.4) is 0 Å². The van der Waals surface area contributed by atoms with Gasteiger partial charge in [0.2, 0.25) is 5.88 Å². The summed E-state index contributed by atoms with van der Waals surface area (Å²) in [7, 11) is 1.44. The summed E-state index contributed by atoms with van der Waals surface area (Å²) >= 11 is 1.35. The summed E-state index contributed by atoms with van der Waals surface area (Å²) in [5.41, 5.74) is 12.2. The zero-order chi connectivity index (χ0) is 19.6. The highest BCUT2D eigenvalue weighted by atomic mass is 32.2. The first-order valence-corrected chi connectivity index (χ1v) is 8.78. The second-order valence-corrected chi connectivity index (χ2v) is 7.27. The average Bonchev–Trinajstić information content (AvgIpc) is 2.60. The summed E-state index contributed by atoms with van der Waals surface area (Å²) in [6, 6.07) is 3.41. The van der Waals surface area contributed by atoms with E-state index >= 15 is 0 Å². The van der Waals surface area contributed by atoms with Crippen molar-refractivity contribution < 1.29 is 9.53 Å². The number of nitrogens with zero attached hydrogens (tertiary/aromatic N) is 4. The zero-order valence-corrected chi connectivity index (χ0v) is 15.7. The summed E-state index contributed by atoms with van der Waals surface area (Å²) in [5.74, 6) is -0.281. The minimum absolute atomic E-state index is 0.00471. The Labute approximate surface area is 160 Å². The number of pyridine rings is 1. The highest BCUT2D eigenvalue weighted by Gasteiger charge is 2.33. The lowest BCUT2D eigenvalue weighted by atomic mass is 9.93. The van der Waals surface area contributed by atoms with E-state index in [0.717, 1.165) is 4.91 Å². The van der Waals surface area contributed by atoms with E-state index in [1.807, 2.05) is 6.92 Å². The van der Waals surface area contributed by atoms with E-state index in [4.69, 9.17) is 16.2 Å². The first kappa shape index (κ1) is 18.6. The summed E-state index contributed by atoms with van der Waals surface area (Å²) in [4.78, 5) is 30.2. The average molecular weight is 385 g/mol. The topological polar surface area (TPSA) is 141 Å².